The number of aliphatic hydroxyl groups is 1. The summed E-state index contributed by atoms with van der Waals surface area (Å²) in [4.78, 5) is 13.5. The van der Waals surface area contributed by atoms with Crippen LogP contribution in [0.1, 0.15) is 32.4 Å². The highest BCUT2D eigenvalue weighted by Gasteiger charge is 2.20. The van der Waals surface area contributed by atoms with E-state index in [-0.39, 0.29) is 18.6 Å². The van der Waals surface area contributed by atoms with Gasteiger partial charge in [0.15, 0.2) is 0 Å². The number of likely N-dealkylation sites (N-methyl/N-ethyl adjacent to an activating group) is 1. The Kier molecular flexibility index (Phi) is 5.38. The largest absolute Gasteiger partial charge is 0.389 e. The van der Waals surface area contributed by atoms with E-state index in [9.17, 15) is 9.90 Å². The summed E-state index contributed by atoms with van der Waals surface area (Å²) in [6.07, 6.45) is 0. The Morgan fingerprint density at radius 2 is 2.16 bits per heavy atom. The molecule has 1 aromatic rings. The molecular weight excluding hydrogens is 308 g/mol. The molecule has 1 atom stereocenters. The second-order valence-electron chi connectivity index (χ2n) is 5.39. The van der Waals surface area contributed by atoms with Gasteiger partial charge in [-0.25, -0.2) is 4.79 Å². The van der Waals surface area contributed by atoms with E-state index in [1.165, 1.54) is 4.90 Å². The van der Waals surface area contributed by atoms with Crippen molar-refractivity contribution in [1.29, 1.82) is 0 Å². The Bertz CT molecular complexity index is 443. The summed E-state index contributed by atoms with van der Waals surface area (Å²) < 4.78 is 0.982. The first-order chi connectivity index (χ1) is 8.69. The lowest BCUT2D eigenvalue weighted by Gasteiger charge is -2.27. The molecule has 106 valence electrons. The maximum absolute atomic E-state index is 12.0. The summed E-state index contributed by atoms with van der Waals surface area (Å²) >= 11 is 3.41. The fourth-order valence-electron chi connectivity index (χ4n) is 1.81. The lowest BCUT2D eigenvalue weighted by Crippen LogP contribution is -2.45. The first-order valence-electron chi connectivity index (χ1n) is 6.18. The SMILES string of the molecule is CC(NC(=O)N(C)CC(C)(C)O)c1cccc(Br)c1. The van der Waals surface area contributed by atoms with E-state index >= 15 is 0 Å². The lowest BCUT2D eigenvalue weighted by atomic mass is 10.1. The standard InChI is InChI=1S/C14H21BrN2O2/c1-10(11-6-5-7-12(15)8-11)16-13(18)17(4)9-14(2,3)19/h5-8,10,19H,9H2,1-4H3,(H,16,18). The summed E-state index contributed by atoms with van der Waals surface area (Å²) in [7, 11) is 1.67. The average molecular weight is 329 g/mol. The number of nitrogens with one attached hydrogen (secondary N) is 1. The number of rotatable bonds is 4. The number of halogens is 1. The van der Waals surface area contributed by atoms with Crippen LogP contribution in [0, 0.1) is 0 Å². The van der Waals surface area contributed by atoms with E-state index in [1.807, 2.05) is 31.2 Å². The molecule has 0 aliphatic carbocycles. The molecular formula is C14H21BrN2O2. The molecule has 0 bridgehead atoms. The minimum Gasteiger partial charge on any atom is -0.389 e. The number of benzene rings is 1. The summed E-state index contributed by atoms with van der Waals surface area (Å²) in [5, 5.41) is 12.6. The van der Waals surface area contributed by atoms with Crippen LogP contribution >= 0.6 is 15.9 Å². The van der Waals surface area contributed by atoms with Crippen molar-refractivity contribution in [1.82, 2.24) is 10.2 Å². The molecule has 5 heteroatoms. The van der Waals surface area contributed by atoms with Crippen LogP contribution in [0.25, 0.3) is 0 Å². The number of urea groups is 1. The average Bonchev–Trinajstić information content (AvgIpc) is 2.26. The maximum atomic E-state index is 12.0. The highest BCUT2D eigenvalue weighted by molar-refractivity contribution is 9.10. The van der Waals surface area contributed by atoms with Crippen molar-refractivity contribution in [3.8, 4) is 0 Å². The van der Waals surface area contributed by atoms with Crippen LogP contribution in [-0.2, 0) is 0 Å². The molecule has 1 unspecified atom stereocenters. The Hall–Kier alpha value is -1.07. The molecule has 1 rings (SSSR count). The van der Waals surface area contributed by atoms with Gasteiger partial charge in [0.25, 0.3) is 0 Å². The number of carbonyl (C=O) groups is 1. The van der Waals surface area contributed by atoms with Crippen LogP contribution in [0.15, 0.2) is 28.7 Å². The van der Waals surface area contributed by atoms with Crippen molar-refractivity contribution in [3.63, 3.8) is 0 Å². The molecule has 19 heavy (non-hydrogen) atoms. The summed E-state index contributed by atoms with van der Waals surface area (Å²) in [5.41, 5.74) is 0.129. The van der Waals surface area contributed by atoms with Crippen LogP contribution in [0.3, 0.4) is 0 Å². The highest BCUT2D eigenvalue weighted by atomic mass is 79.9. The van der Waals surface area contributed by atoms with Crippen molar-refractivity contribution in [3.05, 3.63) is 34.3 Å². The zero-order valence-electron chi connectivity index (χ0n) is 11.8. The molecule has 0 aliphatic rings. The summed E-state index contributed by atoms with van der Waals surface area (Å²) in [6.45, 7) is 5.56. The van der Waals surface area contributed by atoms with Crippen molar-refractivity contribution in [2.24, 2.45) is 0 Å². The van der Waals surface area contributed by atoms with Crippen LogP contribution in [0.2, 0.25) is 0 Å². The quantitative estimate of drug-likeness (QED) is 0.892. The zero-order chi connectivity index (χ0) is 14.6. The van der Waals surface area contributed by atoms with Crippen molar-refractivity contribution in [2.45, 2.75) is 32.4 Å². The second kappa shape index (κ2) is 6.39. The van der Waals surface area contributed by atoms with Gasteiger partial charge in [-0.1, -0.05) is 28.1 Å². The topological polar surface area (TPSA) is 52.6 Å². The van der Waals surface area contributed by atoms with Gasteiger partial charge in [-0.2, -0.15) is 0 Å². The lowest BCUT2D eigenvalue weighted by molar-refractivity contribution is 0.0528. The van der Waals surface area contributed by atoms with E-state index in [0.717, 1.165) is 10.0 Å². The van der Waals surface area contributed by atoms with Gasteiger partial charge in [-0.3, -0.25) is 0 Å². The number of nitrogens with zero attached hydrogens (tertiary/aromatic N) is 1. The maximum Gasteiger partial charge on any atom is 0.317 e. The third-order valence-electron chi connectivity index (χ3n) is 2.66. The molecule has 0 saturated heterocycles. The van der Waals surface area contributed by atoms with Gasteiger partial charge in [-0.15, -0.1) is 0 Å². The van der Waals surface area contributed by atoms with Crippen molar-refractivity contribution >= 4 is 22.0 Å². The van der Waals surface area contributed by atoms with Gasteiger partial charge in [-0.05, 0) is 38.5 Å². The third kappa shape index (κ3) is 5.61. The molecule has 2 N–H and O–H groups in total. The van der Waals surface area contributed by atoms with E-state index in [2.05, 4.69) is 21.2 Å². The monoisotopic (exact) mass is 328 g/mol. The van der Waals surface area contributed by atoms with Crippen LogP contribution in [0.4, 0.5) is 4.79 Å². The van der Waals surface area contributed by atoms with Gasteiger partial charge >= 0.3 is 6.03 Å². The molecule has 0 radical (unpaired) electrons. The Balaban J connectivity index is 2.61. The predicted octanol–water partition coefficient (Wildman–Crippen LogP) is 2.92. The molecule has 0 heterocycles. The molecule has 1 aromatic carbocycles. The number of hydrogen-bond acceptors (Lipinski definition) is 2. The smallest absolute Gasteiger partial charge is 0.317 e. The van der Waals surface area contributed by atoms with Crippen LogP contribution in [-0.4, -0.2) is 35.2 Å². The molecule has 2 amide bonds. The fraction of sp³-hybridized carbons (Fsp3) is 0.500. The minimum atomic E-state index is -0.898. The van der Waals surface area contributed by atoms with E-state index in [4.69, 9.17) is 0 Å². The van der Waals surface area contributed by atoms with Gasteiger partial charge in [0.05, 0.1) is 18.2 Å². The normalized spacial score (nSPS) is 12.9. The van der Waals surface area contributed by atoms with Crippen LogP contribution in [0.5, 0.6) is 0 Å². The van der Waals surface area contributed by atoms with Crippen molar-refractivity contribution < 1.29 is 9.90 Å². The fourth-order valence-corrected chi connectivity index (χ4v) is 2.22. The van der Waals surface area contributed by atoms with Gasteiger partial charge < -0.3 is 15.3 Å². The molecule has 0 saturated carbocycles. The van der Waals surface area contributed by atoms with Crippen LogP contribution < -0.4 is 5.32 Å². The molecule has 4 nitrogen and oxygen atoms in total. The highest BCUT2D eigenvalue weighted by Crippen LogP contribution is 2.18. The van der Waals surface area contributed by atoms with E-state index in [1.54, 1.807) is 20.9 Å². The molecule has 0 aromatic heterocycles. The minimum absolute atomic E-state index is 0.0887. The number of amides is 2. The first-order valence-corrected chi connectivity index (χ1v) is 6.98. The molecule has 0 fully saturated rings. The Morgan fingerprint density at radius 1 is 1.53 bits per heavy atom. The number of hydrogen-bond donors (Lipinski definition) is 2. The van der Waals surface area contributed by atoms with Gasteiger partial charge in [0.2, 0.25) is 0 Å². The van der Waals surface area contributed by atoms with Gasteiger partial charge in [0.1, 0.15) is 0 Å². The van der Waals surface area contributed by atoms with E-state index in [0.29, 0.717) is 0 Å². The first kappa shape index (κ1) is 16.0. The number of carbonyl (C=O) groups excluding carboxylic acids is 1. The van der Waals surface area contributed by atoms with E-state index < -0.39 is 5.60 Å². The van der Waals surface area contributed by atoms with Crippen molar-refractivity contribution in [2.75, 3.05) is 13.6 Å². The molecule has 0 spiro atoms. The summed E-state index contributed by atoms with van der Waals surface area (Å²) in [5.74, 6) is 0. The summed E-state index contributed by atoms with van der Waals surface area (Å²) in [6, 6.07) is 7.53. The van der Waals surface area contributed by atoms with Gasteiger partial charge in [0, 0.05) is 11.5 Å². The predicted molar refractivity (Wildman–Crippen MR) is 80.0 cm³/mol. The second-order valence-corrected chi connectivity index (χ2v) is 6.31. The zero-order valence-corrected chi connectivity index (χ0v) is 13.4. The third-order valence-corrected chi connectivity index (χ3v) is 3.15. The Labute approximate surface area is 122 Å². The Morgan fingerprint density at radius 3 is 2.68 bits per heavy atom. The molecule has 0 aliphatic heterocycles.